The number of rotatable bonds is 5. The Morgan fingerprint density at radius 1 is 1.42 bits per heavy atom. The molecule has 1 amide bonds. The first-order valence-corrected chi connectivity index (χ1v) is 8.95. The van der Waals surface area contributed by atoms with Gasteiger partial charge in [-0.2, -0.15) is 4.68 Å². The summed E-state index contributed by atoms with van der Waals surface area (Å²) in [5.41, 5.74) is 7.09. The minimum Gasteiger partial charge on any atom is -0.325 e. The predicted octanol–water partition coefficient (Wildman–Crippen LogP) is 2.78. The molecule has 1 saturated carbocycles. The molecule has 8 nitrogen and oxygen atoms in total. The third kappa shape index (κ3) is 3.70. The molecule has 0 spiro atoms. The second kappa shape index (κ2) is 7.67. The highest BCUT2D eigenvalue weighted by Crippen LogP contribution is 2.40. The van der Waals surface area contributed by atoms with Crippen molar-refractivity contribution in [2.75, 3.05) is 5.32 Å². The zero-order valence-electron chi connectivity index (χ0n) is 13.4. The molecule has 0 radical (unpaired) electrons. The van der Waals surface area contributed by atoms with Crippen LogP contribution in [0, 0.1) is 0 Å². The molecule has 1 aromatic carbocycles. The summed E-state index contributed by atoms with van der Waals surface area (Å²) in [5, 5.41) is 17.6. The molecule has 4 rings (SSSR count). The first-order valence-electron chi connectivity index (χ1n) is 7.69. The van der Waals surface area contributed by atoms with Crippen molar-refractivity contribution in [3.05, 3.63) is 45.1 Å². The van der Waals surface area contributed by atoms with Gasteiger partial charge >= 0.3 is 0 Å². The van der Waals surface area contributed by atoms with E-state index in [1.807, 2.05) is 0 Å². The Labute approximate surface area is 164 Å². The molecule has 1 aliphatic rings. The molecule has 26 heavy (non-hydrogen) atoms. The van der Waals surface area contributed by atoms with Crippen LogP contribution in [0.5, 0.6) is 0 Å². The Bertz CT molecular complexity index is 938. The number of amides is 1. The van der Waals surface area contributed by atoms with Crippen LogP contribution in [-0.2, 0) is 6.54 Å². The lowest BCUT2D eigenvalue weighted by Crippen LogP contribution is -2.13. The van der Waals surface area contributed by atoms with E-state index in [0.29, 0.717) is 39.6 Å². The first kappa shape index (κ1) is 18.7. The van der Waals surface area contributed by atoms with Gasteiger partial charge in [-0.3, -0.25) is 4.79 Å². The standard InChI is InChI=1S/C15H14ClN7OS.ClH/c16-10-4-3-9(18-15(24)11-7-25-13(6-17)19-11)5-12(10)23-14(8-1-2-8)20-21-22-23;/h3-5,7-8H,1-2,6,17H2,(H,18,24);1H. The quantitative estimate of drug-likeness (QED) is 0.667. The molecule has 2 aromatic heterocycles. The van der Waals surface area contributed by atoms with Crippen molar-refractivity contribution >= 4 is 46.9 Å². The van der Waals surface area contributed by atoms with E-state index in [1.54, 1.807) is 28.3 Å². The van der Waals surface area contributed by atoms with E-state index in [9.17, 15) is 4.79 Å². The average molecular weight is 412 g/mol. The summed E-state index contributed by atoms with van der Waals surface area (Å²) in [6.07, 6.45) is 2.14. The zero-order chi connectivity index (χ0) is 17.4. The van der Waals surface area contributed by atoms with Crippen LogP contribution in [0.15, 0.2) is 23.6 Å². The fourth-order valence-corrected chi connectivity index (χ4v) is 3.27. The van der Waals surface area contributed by atoms with Crippen molar-refractivity contribution in [1.29, 1.82) is 0 Å². The number of nitrogens with one attached hydrogen (secondary N) is 1. The summed E-state index contributed by atoms with van der Waals surface area (Å²) in [4.78, 5) is 16.5. The Morgan fingerprint density at radius 2 is 2.23 bits per heavy atom. The van der Waals surface area contributed by atoms with Crippen LogP contribution in [0.1, 0.15) is 40.1 Å². The van der Waals surface area contributed by atoms with Crippen LogP contribution in [0.2, 0.25) is 5.02 Å². The fourth-order valence-electron chi connectivity index (χ4n) is 2.42. The maximum Gasteiger partial charge on any atom is 0.275 e. The summed E-state index contributed by atoms with van der Waals surface area (Å²) >= 11 is 7.66. The largest absolute Gasteiger partial charge is 0.325 e. The summed E-state index contributed by atoms with van der Waals surface area (Å²) in [6.45, 7) is 0.312. The van der Waals surface area contributed by atoms with Gasteiger partial charge in [0.15, 0.2) is 5.82 Å². The van der Waals surface area contributed by atoms with Crippen LogP contribution in [-0.4, -0.2) is 31.1 Å². The van der Waals surface area contributed by atoms with Crippen molar-refractivity contribution in [2.45, 2.75) is 25.3 Å². The number of halogens is 2. The molecule has 0 saturated heterocycles. The molecule has 3 aromatic rings. The lowest BCUT2D eigenvalue weighted by atomic mass is 10.2. The number of carbonyl (C=O) groups excluding carboxylic acids is 1. The van der Waals surface area contributed by atoms with E-state index in [1.165, 1.54) is 11.3 Å². The minimum absolute atomic E-state index is 0. The lowest BCUT2D eigenvalue weighted by Gasteiger charge is -2.09. The van der Waals surface area contributed by atoms with Crippen molar-refractivity contribution in [1.82, 2.24) is 25.2 Å². The van der Waals surface area contributed by atoms with Gasteiger partial charge in [0, 0.05) is 23.5 Å². The molecular weight excluding hydrogens is 397 g/mol. The molecule has 0 unspecified atom stereocenters. The first-order chi connectivity index (χ1) is 12.2. The van der Waals surface area contributed by atoms with Gasteiger partial charge in [-0.1, -0.05) is 11.6 Å². The maximum atomic E-state index is 12.3. The predicted molar refractivity (Wildman–Crippen MR) is 101 cm³/mol. The Kier molecular flexibility index (Phi) is 5.52. The van der Waals surface area contributed by atoms with Gasteiger partial charge in [0.1, 0.15) is 10.7 Å². The second-order valence-electron chi connectivity index (χ2n) is 5.67. The number of anilines is 1. The van der Waals surface area contributed by atoms with Crippen LogP contribution in [0.3, 0.4) is 0 Å². The number of carbonyl (C=O) groups is 1. The smallest absolute Gasteiger partial charge is 0.275 e. The van der Waals surface area contributed by atoms with Crippen molar-refractivity contribution in [3.63, 3.8) is 0 Å². The van der Waals surface area contributed by atoms with Gasteiger partial charge in [0.25, 0.3) is 5.91 Å². The Morgan fingerprint density at radius 3 is 2.92 bits per heavy atom. The van der Waals surface area contributed by atoms with E-state index in [2.05, 4.69) is 25.8 Å². The summed E-state index contributed by atoms with van der Waals surface area (Å²) in [7, 11) is 0. The number of nitrogens with two attached hydrogens (primary N) is 1. The van der Waals surface area contributed by atoms with E-state index < -0.39 is 0 Å². The van der Waals surface area contributed by atoms with Gasteiger partial charge in [-0.25, -0.2) is 4.98 Å². The summed E-state index contributed by atoms with van der Waals surface area (Å²) in [5.74, 6) is 0.856. The minimum atomic E-state index is -0.302. The Hall–Kier alpha value is -2.07. The van der Waals surface area contributed by atoms with Crippen molar-refractivity contribution in [2.24, 2.45) is 5.73 Å². The monoisotopic (exact) mass is 411 g/mol. The van der Waals surface area contributed by atoms with Crippen LogP contribution in [0.25, 0.3) is 5.69 Å². The topological polar surface area (TPSA) is 112 Å². The third-order valence-corrected chi connectivity index (χ3v) is 5.02. The molecule has 1 fully saturated rings. The van der Waals surface area contributed by atoms with E-state index in [0.717, 1.165) is 18.7 Å². The molecule has 2 heterocycles. The highest BCUT2D eigenvalue weighted by Gasteiger charge is 2.30. The number of nitrogens with zero attached hydrogens (tertiary/aromatic N) is 5. The van der Waals surface area contributed by atoms with Gasteiger partial charge in [0.05, 0.1) is 10.7 Å². The van der Waals surface area contributed by atoms with Gasteiger partial charge in [-0.15, -0.1) is 28.8 Å². The molecular formula is C15H15Cl2N7OS. The number of thiazole rings is 1. The molecule has 136 valence electrons. The van der Waals surface area contributed by atoms with E-state index >= 15 is 0 Å². The fraction of sp³-hybridized carbons (Fsp3) is 0.267. The Balaban J connectivity index is 0.00000196. The van der Waals surface area contributed by atoms with Gasteiger partial charge < -0.3 is 11.1 Å². The second-order valence-corrected chi connectivity index (χ2v) is 7.02. The maximum absolute atomic E-state index is 12.3. The molecule has 0 bridgehead atoms. The van der Waals surface area contributed by atoms with Crippen LogP contribution < -0.4 is 11.1 Å². The summed E-state index contributed by atoms with van der Waals surface area (Å²) in [6, 6.07) is 5.18. The molecule has 3 N–H and O–H groups in total. The van der Waals surface area contributed by atoms with E-state index in [-0.39, 0.29) is 18.3 Å². The molecule has 1 aliphatic carbocycles. The SMILES string of the molecule is Cl.NCc1nc(C(=O)Nc2ccc(Cl)c(-n3nnnc3C3CC3)c2)cs1. The number of hydrogen-bond acceptors (Lipinski definition) is 7. The van der Waals surface area contributed by atoms with E-state index in [4.69, 9.17) is 17.3 Å². The number of benzene rings is 1. The van der Waals surface area contributed by atoms with Crippen molar-refractivity contribution in [3.8, 4) is 5.69 Å². The number of tetrazole rings is 1. The van der Waals surface area contributed by atoms with Crippen LogP contribution in [0.4, 0.5) is 5.69 Å². The molecule has 0 atom stereocenters. The van der Waals surface area contributed by atoms with Crippen molar-refractivity contribution < 1.29 is 4.79 Å². The normalized spacial score (nSPS) is 13.3. The number of hydrogen-bond donors (Lipinski definition) is 2. The number of aromatic nitrogens is 5. The highest BCUT2D eigenvalue weighted by atomic mass is 35.5. The van der Waals surface area contributed by atoms with Gasteiger partial charge in [0.2, 0.25) is 0 Å². The lowest BCUT2D eigenvalue weighted by molar-refractivity contribution is 0.102. The summed E-state index contributed by atoms with van der Waals surface area (Å²) < 4.78 is 1.63. The van der Waals surface area contributed by atoms with Gasteiger partial charge in [-0.05, 0) is 41.5 Å². The highest BCUT2D eigenvalue weighted by molar-refractivity contribution is 7.09. The average Bonchev–Trinajstić information content (AvgIpc) is 3.15. The molecule has 0 aliphatic heterocycles. The third-order valence-electron chi connectivity index (χ3n) is 3.83. The zero-order valence-corrected chi connectivity index (χ0v) is 15.8. The van der Waals surface area contributed by atoms with Crippen LogP contribution >= 0.6 is 35.3 Å². The molecule has 11 heteroatoms.